The Morgan fingerprint density at radius 3 is 2.68 bits per heavy atom. The van der Waals surface area contributed by atoms with E-state index in [2.05, 4.69) is 4.90 Å². The highest BCUT2D eigenvalue weighted by atomic mass is 19.1. The summed E-state index contributed by atoms with van der Waals surface area (Å²) in [6.45, 7) is 2.35. The molecule has 0 aromatic heterocycles. The first kappa shape index (κ1) is 14.2. The lowest BCUT2D eigenvalue weighted by molar-refractivity contribution is -0.0413. The van der Waals surface area contributed by atoms with Crippen LogP contribution in [0.3, 0.4) is 0 Å². The van der Waals surface area contributed by atoms with Crippen LogP contribution < -0.4 is 10.5 Å². The second-order valence-corrected chi connectivity index (χ2v) is 4.66. The number of halogens is 2. The molecule has 0 spiro atoms. The summed E-state index contributed by atoms with van der Waals surface area (Å²) in [4.78, 5) is 2.09. The Morgan fingerprint density at radius 2 is 2.11 bits per heavy atom. The predicted molar refractivity (Wildman–Crippen MR) is 67.0 cm³/mol. The quantitative estimate of drug-likeness (QED) is 0.892. The van der Waals surface area contributed by atoms with Gasteiger partial charge in [0.15, 0.2) is 17.4 Å². The molecular weight excluding hydrogens is 254 g/mol. The molecule has 6 heteroatoms. The van der Waals surface area contributed by atoms with Crippen LogP contribution in [0.4, 0.5) is 8.78 Å². The van der Waals surface area contributed by atoms with Crippen molar-refractivity contribution in [2.45, 2.75) is 12.6 Å². The minimum Gasteiger partial charge on any atom is -0.485 e. The van der Waals surface area contributed by atoms with Crippen LogP contribution in [0, 0.1) is 11.6 Å². The third-order valence-electron chi connectivity index (χ3n) is 3.05. The van der Waals surface area contributed by atoms with E-state index in [-0.39, 0.29) is 25.0 Å². The normalized spacial score (nSPS) is 20.5. The summed E-state index contributed by atoms with van der Waals surface area (Å²) in [7, 11) is 1.97. The zero-order chi connectivity index (χ0) is 13.8. The SMILES string of the molecule is CN1CCOC(COc2c(F)cc(CN)cc2F)C1. The molecule has 1 fully saturated rings. The van der Waals surface area contributed by atoms with Gasteiger partial charge in [-0.05, 0) is 24.7 Å². The number of hydrogen-bond acceptors (Lipinski definition) is 4. The molecule has 106 valence electrons. The zero-order valence-corrected chi connectivity index (χ0v) is 10.9. The average molecular weight is 272 g/mol. The van der Waals surface area contributed by atoms with E-state index in [9.17, 15) is 8.78 Å². The van der Waals surface area contributed by atoms with Crippen molar-refractivity contribution in [1.29, 1.82) is 0 Å². The standard InChI is InChI=1S/C13H18F2N2O2/c1-17-2-3-18-10(7-17)8-19-13-11(14)4-9(6-16)5-12(13)15/h4-5,10H,2-3,6-8,16H2,1H3. The number of nitrogens with zero attached hydrogens (tertiary/aromatic N) is 1. The molecule has 0 saturated carbocycles. The van der Waals surface area contributed by atoms with Gasteiger partial charge >= 0.3 is 0 Å². The predicted octanol–water partition coefficient (Wildman–Crippen LogP) is 1.13. The van der Waals surface area contributed by atoms with E-state index >= 15 is 0 Å². The van der Waals surface area contributed by atoms with E-state index in [0.29, 0.717) is 18.7 Å². The van der Waals surface area contributed by atoms with Crippen LogP contribution >= 0.6 is 0 Å². The molecule has 1 aromatic rings. The highest BCUT2D eigenvalue weighted by molar-refractivity contribution is 5.31. The van der Waals surface area contributed by atoms with Gasteiger partial charge in [0.25, 0.3) is 0 Å². The van der Waals surface area contributed by atoms with Gasteiger partial charge in [-0.25, -0.2) is 8.78 Å². The third kappa shape index (κ3) is 3.62. The minimum atomic E-state index is -0.732. The molecule has 19 heavy (non-hydrogen) atoms. The number of benzene rings is 1. The Bertz CT molecular complexity index is 420. The Balaban J connectivity index is 1.99. The average Bonchev–Trinajstić information content (AvgIpc) is 2.37. The summed E-state index contributed by atoms with van der Waals surface area (Å²) in [5.74, 6) is -1.83. The fourth-order valence-electron chi connectivity index (χ4n) is 2.01. The summed E-state index contributed by atoms with van der Waals surface area (Å²) < 4.78 is 38.0. The van der Waals surface area contributed by atoms with Crippen molar-refractivity contribution in [1.82, 2.24) is 4.90 Å². The molecule has 1 aromatic carbocycles. The molecule has 0 bridgehead atoms. The first-order valence-electron chi connectivity index (χ1n) is 6.21. The van der Waals surface area contributed by atoms with Gasteiger partial charge in [-0.1, -0.05) is 0 Å². The van der Waals surface area contributed by atoms with E-state index in [1.54, 1.807) is 0 Å². The summed E-state index contributed by atoms with van der Waals surface area (Å²) in [5, 5.41) is 0. The number of likely N-dealkylation sites (N-methyl/N-ethyl adjacent to an activating group) is 1. The molecule has 0 radical (unpaired) electrons. The Kier molecular flexibility index (Phi) is 4.68. The molecule has 0 aliphatic carbocycles. The fraction of sp³-hybridized carbons (Fsp3) is 0.538. The highest BCUT2D eigenvalue weighted by Gasteiger charge is 2.20. The molecule has 4 nitrogen and oxygen atoms in total. The summed E-state index contributed by atoms with van der Waals surface area (Å²) in [6, 6.07) is 2.37. The van der Waals surface area contributed by atoms with Crippen LogP contribution in [-0.2, 0) is 11.3 Å². The van der Waals surface area contributed by atoms with Crippen LogP contribution in [0.2, 0.25) is 0 Å². The van der Waals surface area contributed by atoms with Gasteiger partial charge in [-0.15, -0.1) is 0 Å². The lowest BCUT2D eigenvalue weighted by Gasteiger charge is -2.29. The molecule has 1 atom stereocenters. The number of morpholine rings is 1. The first-order chi connectivity index (χ1) is 9.10. The number of hydrogen-bond donors (Lipinski definition) is 1. The smallest absolute Gasteiger partial charge is 0.190 e. The molecule has 1 heterocycles. The Labute approximate surface area is 111 Å². The van der Waals surface area contributed by atoms with Gasteiger partial charge in [0.05, 0.1) is 6.61 Å². The number of nitrogens with two attached hydrogens (primary N) is 1. The molecule has 2 rings (SSSR count). The molecule has 1 unspecified atom stereocenters. The second-order valence-electron chi connectivity index (χ2n) is 4.66. The van der Waals surface area contributed by atoms with Gasteiger partial charge in [0, 0.05) is 19.6 Å². The maximum atomic E-state index is 13.7. The van der Waals surface area contributed by atoms with Crippen molar-refractivity contribution in [3.63, 3.8) is 0 Å². The van der Waals surface area contributed by atoms with E-state index in [0.717, 1.165) is 6.54 Å². The Morgan fingerprint density at radius 1 is 1.42 bits per heavy atom. The van der Waals surface area contributed by atoms with E-state index in [4.69, 9.17) is 15.2 Å². The molecule has 1 aliphatic rings. The topological polar surface area (TPSA) is 47.7 Å². The van der Waals surface area contributed by atoms with Crippen LogP contribution in [0.5, 0.6) is 5.75 Å². The van der Waals surface area contributed by atoms with Gasteiger partial charge in [-0.2, -0.15) is 0 Å². The fourth-order valence-corrected chi connectivity index (χ4v) is 2.01. The summed E-state index contributed by atoms with van der Waals surface area (Å²) >= 11 is 0. The van der Waals surface area contributed by atoms with Crippen LogP contribution in [0.25, 0.3) is 0 Å². The minimum absolute atomic E-state index is 0.0879. The van der Waals surface area contributed by atoms with Crippen LogP contribution in [-0.4, -0.2) is 44.4 Å². The van der Waals surface area contributed by atoms with Gasteiger partial charge in [0.1, 0.15) is 12.7 Å². The maximum absolute atomic E-state index is 13.7. The summed E-state index contributed by atoms with van der Waals surface area (Å²) in [6.07, 6.45) is -0.174. The summed E-state index contributed by atoms with van der Waals surface area (Å²) in [5.41, 5.74) is 5.74. The van der Waals surface area contributed by atoms with Crippen molar-refractivity contribution >= 4 is 0 Å². The lowest BCUT2D eigenvalue weighted by Crippen LogP contribution is -2.42. The van der Waals surface area contributed by atoms with Crippen molar-refractivity contribution in [3.05, 3.63) is 29.3 Å². The van der Waals surface area contributed by atoms with Gasteiger partial charge < -0.3 is 20.1 Å². The largest absolute Gasteiger partial charge is 0.485 e. The molecule has 2 N–H and O–H groups in total. The van der Waals surface area contributed by atoms with Crippen molar-refractivity contribution < 1.29 is 18.3 Å². The number of ether oxygens (including phenoxy) is 2. The van der Waals surface area contributed by atoms with E-state index in [1.165, 1.54) is 12.1 Å². The molecule has 1 saturated heterocycles. The third-order valence-corrected chi connectivity index (χ3v) is 3.05. The van der Waals surface area contributed by atoms with Gasteiger partial charge in [-0.3, -0.25) is 0 Å². The Hall–Kier alpha value is -1.24. The van der Waals surface area contributed by atoms with Crippen molar-refractivity contribution in [3.8, 4) is 5.75 Å². The lowest BCUT2D eigenvalue weighted by atomic mass is 10.2. The maximum Gasteiger partial charge on any atom is 0.190 e. The van der Waals surface area contributed by atoms with Gasteiger partial charge in [0.2, 0.25) is 0 Å². The van der Waals surface area contributed by atoms with Crippen molar-refractivity contribution in [2.24, 2.45) is 5.73 Å². The van der Waals surface area contributed by atoms with Crippen LogP contribution in [0.1, 0.15) is 5.56 Å². The molecular formula is C13H18F2N2O2. The molecule has 1 aliphatic heterocycles. The van der Waals surface area contributed by atoms with Crippen molar-refractivity contribution in [2.75, 3.05) is 33.4 Å². The number of rotatable bonds is 4. The monoisotopic (exact) mass is 272 g/mol. The zero-order valence-electron chi connectivity index (χ0n) is 10.9. The molecule has 0 amide bonds. The van der Waals surface area contributed by atoms with Crippen LogP contribution in [0.15, 0.2) is 12.1 Å². The first-order valence-corrected chi connectivity index (χ1v) is 6.21. The second kappa shape index (κ2) is 6.27. The van der Waals surface area contributed by atoms with E-state index < -0.39 is 11.6 Å². The van der Waals surface area contributed by atoms with E-state index in [1.807, 2.05) is 7.05 Å². The highest BCUT2D eigenvalue weighted by Crippen LogP contribution is 2.23.